The Balaban J connectivity index is 1.60. The molecule has 0 radical (unpaired) electrons. The number of carbonyl (C=O) groups is 2. The fraction of sp³-hybridized carbons (Fsp3) is 0.273. The van der Waals surface area contributed by atoms with E-state index in [2.05, 4.69) is 6.92 Å². The number of nitrogens with zero attached hydrogens (tertiary/aromatic N) is 1. The minimum absolute atomic E-state index is 0.217. The van der Waals surface area contributed by atoms with Gasteiger partial charge in [0, 0.05) is 22.8 Å². The van der Waals surface area contributed by atoms with Crippen molar-refractivity contribution in [3.8, 4) is 5.75 Å². The van der Waals surface area contributed by atoms with Crippen molar-refractivity contribution in [3.05, 3.63) is 60.2 Å². The van der Waals surface area contributed by atoms with E-state index in [1.54, 1.807) is 29.8 Å². The van der Waals surface area contributed by atoms with E-state index < -0.39 is 5.97 Å². The van der Waals surface area contributed by atoms with E-state index in [0.717, 1.165) is 22.6 Å². The summed E-state index contributed by atoms with van der Waals surface area (Å²) in [5.74, 6) is -0.0649. The molecule has 2 aromatic rings. The summed E-state index contributed by atoms with van der Waals surface area (Å²) >= 11 is 1.76. The van der Waals surface area contributed by atoms with Gasteiger partial charge in [-0.05, 0) is 42.3 Å². The lowest BCUT2D eigenvalue weighted by Crippen LogP contribution is -2.35. The van der Waals surface area contributed by atoms with Crippen molar-refractivity contribution in [2.24, 2.45) is 0 Å². The lowest BCUT2D eigenvalue weighted by Gasteiger charge is -2.22. The summed E-state index contributed by atoms with van der Waals surface area (Å²) < 4.78 is 10.3. The summed E-state index contributed by atoms with van der Waals surface area (Å²) in [5, 5.41) is 0.423. The Labute approximate surface area is 169 Å². The highest BCUT2D eigenvalue weighted by atomic mass is 32.2. The van der Waals surface area contributed by atoms with Crippen molar-refractivity contribution < 1.29 is 19.1 Å². The van der Waals surface area contributed by atoms with E-state index in [0.29, 0.717) is 17.5 Å². The minimum atomic E-state index is -0.554. The molecule has 2 aromatic carbocycles. The van der Waals surface area contributed by atoms with Crippen LogP contribution in [0, 0.1) is 0 Å². The number of esters is 1. The van der Waals surface area contributed by atoms with Crippen molar-refractivity contribution in [2.75, 3.05) is 25.2 Å². The Kier molecular flexibility index (Phi) is 6.76. The molecule has 1 amide bonds. The third-order valence-electron chi connectivity index (χ3n) is 4.39. The molecule has 0 N–H and O–H groups in total. The maximum absolute atomic E-state index is 12.7. The molecule has 6 heteroatoms. The van der Waals surface area contributed by atoms with Crippen molar-refractivity contribution in [2.45, 2.75) is 23.5 Å². The molecule has 0 aliphatic carbocycles. The molecule has 0 saturated carbocycles. The molecule has 1 aliphatic rings. The van der Waals surface area contributed by atoms with E-state index in [1.807, 2.05) is 48.5 Å². The maximum atomic E-state index is 12.7. The van der Waals surface area contributed by atoms with Crippen LogP contribution in [0.5, 0.6) is 5.75 Å². The fourth-order valence-electron chi connectivity index (χ4n) is 2.91. The molecule has 0 fully saturated rings. The van der Waals surface area contributed by atoms with Crippen molar-refractivity contribution in [1.82, 2.24) is 0 Å². The lowest BCUT2D eigenvalue weighted by molar-refractivity contribution is -0.142. The summed E-state index contributed by atoms with van der Waals surface area (Å²) in [7, 11) is 1.59. The molecule has 1 atom stereocenters. The topological polar surface area (TPSA) is 55.8 Å². The summed E-state index contributed by atoms with van der Waals surface area (Å²) in [6, 6.07) is 15.2. The van der Waals surface area contributed by atoms with E-state index in [1.165, 1.54) is 6.08 Å². The van der Waals surface area contributed by atoms with Gasteiger partial charge in [-0.2, -0.15) is 0 Å². The average Bonchev–Trinajstić information content (AvgIpc) is 2.88. The monoisotopic (exact) mass is 397 g/mol. The highest BCUT2D eigenvalue weighted by Gasteiger charge is 2.24. The number of hydrogen-bond donors (Lipinski definition) is 0. The molecule has 28 heavy (non-hydrogen) atoms. The summed E-state index contributed by atoms with van der Waals surface area (Å²) in [6.45, 7) is 2.48. The quantitative estimate of drug-likeness (QED) is 0.560. The Morgan fingerprint density at radius 2 is 2.04 bits per heavy atom. The zero-order valence-corrected chi connectivity index (χ0v) is 16.8. The second kappa shape index (κ2) is 9.46. The van der Waals surface area contributed by atoms with Crippen molar-refractivity contribution in [3.63, 3.8) is 0 Å². The molecule has 0 saturated heterocycles. The van der Waals surface area contributed by atoms with Gasteiger partial charge in [-0.3, -0.25) is 4.79 Å². The first-order valence-corrected chi connectivity index (χ1v) is 9.99. The Morgan fingerprint density at radius 1 is 1.21 bits per heavy atom. The van der Waals surface area contributed by atoms with E-state index in [9.17, 15) is 9.59 Å². The summed E-state index contributed by atoms with van der Waals surface area (Å²) in [4.78, 5) is 27.5. The van der Waals surface area contributed by atoms with Crippen LogP contribution in [0.3, 0.4) is 0 Å². The molecule has 5 nitrogen and oxygen atoms in total. The van der Waals surface area contributed by atoms with Gasteiger partial charge in [0.05, 0.1) is 12.8 Å². The zero-order valence-electron chi connectivity index (χ0n) is 16.0. The van der Waals surface area contributed by atoms with Gasteiger partial charge in [0.2, 0.25) is 0 Å². The SMILES string of the molecule is COc1cccc(/C=C/C(=O)OCC(=O)N2CC[C@H](C)Sc3ccccc32)c1. The Bertz CT molecular complexity index is 880. The van der Waals surface area contributed by atoms with Crippen LogP contribution in [0.2, 0.25) is 0 Å². The van der Waals surface area contributed by atoms with E-state index >= 15 is 0 Å². The number of para-hydroxylation sites is 1. The van der Waals surface area contributed by atoms with Gasteiger partial charge in [-0.1, -0.05) is 31.2 Å². The lowest BCUT2D eigenvalue weighted by atomic mass is 10.2. The normalized spacial score (nSPS) is 16.4. The smallest absolute Gasteiger partial charge is 0.331 e. The van der Waals surface area contributed by atoms with Gasteiger partial charge in [0.25, 0.3) is 5.91 Å². The minimum Gasteiger partial charge on any atom is -0.497 e. The highest BCUT2D eigenvalue weighted by molar-refractivity contribution is 8.00. The van der Waals surface area contributed by atoms with Gasteiger partial charge in [-0.15, -0.1) is 11.8 Å². The standard InChI is InChI=1S/C22H23NO4S/c1-16-12-13-23(19-8-3-4-9-20(19)28-16)21(24)15-27-22(25)11-10-17-6-5-7-18(14-17)26-2/h3-11,14,16H,12-13,15H2,1-2H3/b11-10+/t16-/m0/s1. The van der Waals surface area contributed by atoms with Crippen LogP contribution >= 0.6 is 11.8 Å². The van der Waals surface area contributed by atoms with Crippen LogP contribution in [0.15, 0.2) is 59.5 Å². The number of benzene rings is 2. The number of amides is 1. The molecular formula is C22H23NO4S. The number of thioether (sulfide) groups is 1. The molecule has 0 unspecified atom stereocenters. The molecule has 146 valence electrons. The van der Waals surface area contributed by atoms with Crippen LogP contribution < -0.4 is 9.64 Å². The third-order valence-corrected chi connectivity index (χ3v) is 5.63. The second-order valence-corrected chi connectivity index (χ2v) is 7.93. The molecule has 0 spiro atoms. The molecule has 3 rings (SSSR count). The van der Waals surface area contributed by atoms with Gasteiger partial charge >= 0.3 is 5.97 Å². The first-order valence-electron chi connectivity index (χ1n) is 9.12. The first kappa shape index (κ1) is 20.0. The van der Waals surface area contributed by atoms with Crippen LogP contribution in [0.1, 0.15) is 18.9 Å². The predicted octanol–water partition coefficient (Wildman–Crippen LogP) is 4.17. The van der Waals surface area contributed by atoms with Crippen molar-refractivity contribution >= 4 is 35.4 Å². The number of anilines is 1. The maximum Gasteiger partial charge on any atom is 0.331 e. The Morgan fingerprint density at radius 3 is 2.86 bits per heavy atom. The summed E-state index contributed by atoms with van der Waals surface area (Å²) in [6.07, 6.45) is 3.83. The first-order chi connectivity index (χ1) is 13.6. The van der Waals surface area contributed by atoms with E-state index in [-0.39, 0.29) is 12.5 Å². The van der Waals surface area contributed by atoms with Gasteiger partial charge in [0.1, 0.15) is 5.75 Å². The van der Waals surface area contributed by atoms with Gasteiger partial charge in [0.15, 0.2) is 6.61 Å². The number of methoxy groups -OCH3 is 1. The second-order valence-electron chi connectivity index (χ2n) is 6.45. The Hall–Kier alpha value is -2.73. The molecular weight excluding hydrogens is 374 g/mol. The molecule has 1 heterocycles. The molecule has 1 aliphatic heterocycles. The van der Waals surface area contributed by atoms with E-state index in [4.69, 9.17) is 9.47 Å². The third kappa shape index (κ3) is 5.16. The largest absolute Gasteiger partial charge is 0.497 e. The van der Waals surface area contributed by atoms with Crippen LogP contribution in [0.25, 0.3) is 6.08 Å². The number of ether oxygens (including phenoxy) is 2. The number of carbonyl (C=O) groups excluding carboxylic acids is 2. The number of fused-ring (bicyclic) bond motifs is 1. The molecule has 0 aromatic heterocycles. The average molecular weight is 397 g/mol. The van der Waals surface area contributed by atoms with Crippen LogP contribution in [-0.4, -0.2) is 37.4 Å². The molecule has 0 bridgehead atoms. The number of hydrogen-bond acceptors (Lipinski definition) is 5. The predicted molar refractivity (Wildman–Crippen MR) is 112 cm³/mol. The van der Waals surface area contributed by atoms with Crippen LogP contribution in [-0.2, 0) is 14.3 Å². The van der Waals surface area contributed by atoms with Gasteiger partial charge < -0.3 is 14.4 Å². The number of rotatable bonds is 5. The highest BCUT2D eigenvalue weighted by Crippen LogP contribution is 2.37. The van der Waals surface area contributed by atoms with Gasteiger partial charge in [-0.25, -0.2) is 4.79 Å². The van der Waals surface area contributed by atoms with Crippen LogP contribution in [0.4, 0.5) is 5.69 Å². The zero-order chi connectivity index (χ0) is 19.9. The summed E-state index contributed by atoms with van der Waals surface area (Å²) in [5.41, 5.74) is 1.69. The van der Waals surface area contributed by atoms with Crippen molar-refractivity contribution in [1.29, 1.82) is 0 Å². The fourth-order valence-corrected chi connectivity index (χ4v) is 4.03.